The summed E-state index contributed by atoms with van der Waals surface area (Å²) in [5.41, 5.74) is 2.29. The Bertz CT molecular complexity index is 504. The normalized spacial score (nSPS) is 10.5. The zero-order chi connectivity index (χ0) is 10.8. The topological polar surface area (TPSA) is 75.2 Å². The first-order valence-corrected chi connectivity index (χ1v) is 4.42. The second kappa shape index (κ2) is 3.70. The molecule has 15 heavy (non-hydrogen) atoms. The minimum Gasteiger partial charge on any atom is -0.465 e. The second-order valence-corrected chi connectivity index (χ2v) is 3.05. The van der Waals surface area contributed by atoms with Crippen LogP contribution >= 0.6 is 0 Å². The van der Waals surface area contributed by atoms with E-state index in [0.717, 1.165) is 0 Å². The molecule has 0 aliphatic heterocycles. The molecule has 0 saturated carbocycles. The van der Waals surface area contributed by atoms with Crippen LogP contribution in [0.1, 0.15) is 15.9 Å². The zero-order valence-electron chi connectivity index (χ0n) is 8.15. The second-order valence-electron chi connectivity index (χ2n) is 3.05. The third-order valence-corrected chi connectivity index (χ3v) is 2.24. The van der Waals surface area contributed by atoms with Crippen LogP contribution in [0.4, 0.5) is 0 Å². The number of nitrogens with zero attached hydrogens (tertiary/aromatic N) is 1. The summed E-state index contributed by atoms with van der Waals surface area (Å²) < 4.78 is 4.64. The molecule has 0 unspecified atom stereocenters. The number of ether oxygens (including phenoxy) is 1. The summed E-state index contributed by atoms with van der Waals surface area (Å²) in [4.78, 5) is 18.3. The average molecular weight is 206 g/mol. The highest BCUT2D eigenvalue weighted by atomic mass is 16.5. The van der Waals surface area contributed by atoms with E-state index < -0.39 is 5.97 Å². The first-order chi connectivity index (χ1) is 7.27. The number of fused-ring (bicyclic) bond motifs is 1. The molecule has 0 amide bonds. The van der Waals surface area contributed by atoms with Crippen LogP contribution in [0.2, 0.25) is 0 Å². The van der Waals surface area contributed by atoms with Gasteiger partial charge in [-0.2, -0.15) is 0 Å². The average Bonchev–Trinajstić information content (AvgIpc) is 2.75. The molecule has 0 aliphatic rings. The fourth-order valence-corrected chi connectivity index (χ4v) is 1.50. The van der Waals surface area contributed by atoms with Gasteiger partial charge in [0.2, 0.25) is 0 Å². The van der Waals surface area contributed by atoms with Crippen molar-refractivity contribution in [3.63, 3.8) is 0 Å². The standard InChI is InChI=1S/C10H10N2O3/c1-15-10(14)7-3-2-6(4-13)8-9(7)12-5-11-8/h2-3,5,13H,4H2,1H3,(H,11,12). The summed E-state index contributed by atoms with van der Waals surface area (Å²) in [5, 5.41) is 9.07. The van der Waals surface area contributed by atoms with Crippen LogP contribution in [-0.4, -0.2) is 28.2 Å². The number of aliphatic hydroxyl groups is 1. The third-order valence-electron chi connectivity index (χ3n) is 2.24. The monoisotopic (exact) mass is 206 g/mol. The van der Waals surface area contributed by atoms with E-state index in [0.29, 0.717) is 22.2 Å². The summed E-state index contributed by atoms with van der Waals surface area (Å²) >= 11 is 0. The summed E-state index contributed by atoms with van der Waals surface area (Å²) in [6, 6.07) is 3.27. The predicted octanol–water partition coefficient (Wildman–Crippen LogP) is 0.842. The van der Waals surface area contributed by atoms with Crippen molar-refractivity contribution in [3.8, 4) is 0 Å². The molecule has 0 bridgehead atoms. The van der Waals surface area contributed by atoms with E-state index >= 15 is 0 Å². The van der Waals surface area contributed by atoms with Gasteiger partial charge >= 0.3 is 5.97 Å². The summed E-state index contributed by atoms with van der Waals surface area (Å²) in [7, 11) is 1.32. The maximum absolute atomic E-state index is 11.4. The quantitative estimate of drug-likeness (QED) is 0.714. The number of carbonyl (C=O) groups is 1. The van der Waals surface area contributed by atoms with Crippen molar-refractivity contribution in [2.24, 2.45) is 0 Å². The van der Waals surface area contributed by atoms with Gasteiger partial charge in [-0.1, -0.05) is 6.07 Å². The van der Waals surface area contributed by atoms with Gasteiger partial charge in [-0.25, -0.2) is 9.78 Å². The van der Waals surface area contributed by atoms with Crippen molar-refractivity contribution >= 4 is 17.0 Å². The lowest BCUT2D eigenvalue weighted by Gasteiger charge is -2.03. The van der Waals surface area contributed by atoms with E-state index in [4.69, 9.17) is 5.11 Å². The van der Waals surface area contributed by atoms with Gasteiger partial charge in [-0.15, -0.1) is 0 Å². The molecule has 5 heteroatoms. The van der Waals surface area contributed by atoms with E-state index in [9.17, 15) is 4.79 Å². The molecule has 2 rings (SSSR count). The van der Waals surface area contributed by atoms with Crippen LogP contribution in [0.15, 0.2) is 18.5 Å². The molecule has 0 aliphatic carbocycles. The predicted molar refractivity (Wildman–Crippen MR) is 53.4 cm³/mol. The molecule has 1 aromatic carbocycles. The van der Waals surface area contributed by atoms with Gasteiger partial charge in [-0.05, 0) is 6.07 Å². The molecular formula is C10H10N2O3. The van der Waals surface area contributed by atoms with Crippen molar-refractivity contribution < 1.29 is 14.6 Å². The van der Waals surface area contributed by atoms with Gasteiger partial charge in [-0.3, -0.25) is 0 Å². The van der Waals surface area contributed by atoms with Crippen LogP contribution in [0.3, 0.4) is 0 Å². The lowest BCUT2D eigenvalue weighted by Crippen LogP contribution is -2.03. The van der Waals surface area contributed by atoms with Gasteiger partial charge in [0.1, 0.15) is 0 Å². The minimum atomic E-state index is -0.422. The molecule has 5 nitrogen and oxygen atoms in total. The molecule has 2 aromatic rings. The van der Waals surface area contributed by atoms with Gasteiger partial charge in [0.25, 0.3) is 0 Å². The number of imidazole rings is 1. The van der Waals surface area contributed by atoms with Crippen molar-refractivity contribution in [1.82, 2.24) is 9.97 Å². The van der Waals surface area contributed by atoms with E-state index in [1.54, 1.807) is 12.1 Å². The number of benzene rings is 1. The van der Waals surface area contributed by atoms with Gasteiger partial charge in [0.05, 0.1) is 36.6 Å². The van der Waals surface area contributed by atoms with E-state index in [1.807, 2.05) is 0 Å². The number of esters is 1. The molecule has 0 saturated heterocycles. The summed E-state index contributed by atoms with van der Waals surface area (Å²) in [6.45, 7) is -0.108. The minimum absolute atomic E-state index is 0.108. The highest BCUT2D eigenvalue weighted by Crippen LogP contribution is 2.20. The molecule has 1 heterocycles. The number of aliphatic hydroxyl groups excluding tert-OH is 1. The van der Waals surface area contributed by atoms with E-state index in [1.165, 1.54) is 13.4 Å². The molecule has 0 fully saturated rings. The highest BCUT2D eigenvalue weighted by molar-refractivity contribution is 6.02. The van der Waals surface area contributed by atoms with Crippen LogP contribution in [0.5, 0.6) is 0 Å². The lowest BCUT2D eigenvalue weighted by molar-refractivity contribution is 0.0602. The number of carbonyl (C=O) groups excluding carboxylic acids is 1. The maximum Gasteiger partial charge on any atom is 0.340 e. The number of hydrogen-bond donors (Lipinski definition) is 2. The van der Waals surface area contributed by atoms with Crippen molar-refractivity contribution in [2.75, 3.05) is 7.11 Å². The number of hydrogen-bond acceptors (Lipinski definition) is 4. The molecule has 1 aromatic heterocycles. The number of aromatic nitrogens is 2. The zero-order valence-corrected chi connectivity index (χ0v) is 8.15. The van der Waals surface area contributed by atoms with Crippen LogP contribution in [0.25, 0.3) is 11.0 Å². The lowest BCUT2D eigenvalue weighted by atomic mass is 10.1. The number of H-pyrrole nitrogens is 1. The van der Waals surface area contributed by atoms with Crippen molar-refractivity contribution in [3.05, 3.63) is 29.6 Å². The number of nitrogens with one attached hydrogen (secondary N) is 1. The highest BCUT2D eigenvalue weighted by Gasteiger charge is 2.13. The Morgan fingerprint density at radius 1 is 1.60 bits per heavy atom. The Hall–Kier alpha value is -1.88. The van der Waals surface area contributed by atoms with E-state index in [-0.39, 0.29) is 6.61 Å². The SMILES string of the molecule is COC(=O)c1ccc(CO)c2nc[nH]c12. The first-order valence-electron chi connectivity index (χ1n) is 4.42. The largest absolute Gasteiger partial charge is 0.465 e. The van der Waals surface area contributed by atoms with Gasteiger partial charge in [0, 0.05) is 5.56 Å². The Morgan fingerprint density at radius 3 is 3.07 bits per heavy atom. The van der Waals surface area contributed by atoms with Crippen molar-refractivity contribution in [1.29, 1.82) is 0 Å². The molecule has 0 radical (unpaired) electrons. The Labute approximate surface area is 85.7 Å². The third kappa shape index (κ3) is 1.46. The van der Waals surface area contributed by atoms with Crippen LogP contribution in [-0.2, 0) is 11.3 Å². The summed E-state index contributed by atoms with van der Waals surface area (Å²) in [6.07, 6.45) is 1.48. The molecule has 0 atom stereocenters. The number of aromatic amines is 1. The first kappa shape index (κ1) is 9.67. The molecule has 0 spiro atoms. The molecular weight excluding hydrogens is 196 g/mol. The fourth-order valence-electron chi connectivity index (χ4n) is 1.50. The molecule has 78 valence electrons. The number of methoxy groups -OCH3 is 1. The van der Waals surface area contributed by atoms with Gasteiger partial charge in [0.15, 0.2) is 0 Å². The maximum atomic E-state index is 11.4. The Kier molecular flexibility index (Phi) is 2.39. The Morgan fingerprint density at radius 2 is 2.40 bits per heavy atom. The van der Waals surface area contributed by atoms with Crippen molar-refractivity contribution in [2.45, 2.75) is 6.61 Å². The van der Waals surface area contributed by atoms with Crippen LogP contribution < -0.4 is 0 Å². The Balaban J connectivity index is 2.68. The van der Waals surface area contributed by atoms with Gasteiger partial charge < -0.3 is 14.8 Å². The smallest absolute Gasteiger partial charge is 0.340 e. The molecule has 2 N–H and O–H groups in total. The number of rotatable bonds is 2. The fraction of sp³-hybridized carbons (Fsp3) is 0.200. The van der Waals surface area contributed by atoms with Crippen LogP contribution in [0, 0.1) is 0 Å². The van der Waals surface area contributed by atoms with E-state index in [2.05, 4.69) is 14.7 Å². The summed E-state index contributed by atoms with van der Waals surface area (Å²) in [5.74, 6) is -0.422.